The first kappa shape index (κ1) is 5.26. The molecule has 0 heteroatoms. The smallest absolute Gasteiger partial charge is 0.0214 e. The predicted molar refractivity (Wildman–Crippen MR) is 33.9 cm³/mol. The second-order valence-corrected chi connectivity index (χ2v) is 1.92. The third kappa shape index (κ3) is 1.71. The lowest BCUT2D eigenvalue weighted by atomic mass is 10.4. The van der Waals surface area contributed by atoms with Gasteiger partial charge in [-0.15, -0.1) is 0 Å². The van der Waals surface area contributed by atoms with Gasteiger partial charge in [0.05, 0.1) is 0 Å². The zero-order valence-corrected chi connectivity index (χ0v) is 4.99. The highest BCUT2D eigenvalue weighted by molar-refractivity contribution is 5.27. The first-order valence-electron chi connectivity index (χ1n) is 2.86. The van der Waals surface area contributed by atoms with Gasteiger partial charge in [0.2, 0.25) is 0 Å². The molecule has 0 aromatic heterocycles. The Morgan fingerprint density at radius 1 is 1.25 bits per heavy atom. The van der Waals surface area contributed by atoms with Crippen LogP contribution in [0.2, 0.25) is 0 Å². The Labute approximate surface area is 50.3 Å². The highest BCUT2D eigenvalue weighted by atomic mass is 14.2. The summed E-state index contributed by atoms with van der Waals surface area (Å²) in [7, 11) is 0. The summed E-state index contributed by atoms with van der Waals surface area (Å²) in [6, 6.07) is 0. The van der Waals surface area contributed by atoms with Crippen LogP contribution in [0, 0.1) is 29.6 Å². The van der Waals surface area contributed by atoms with Gasteiger partial charge in [0.15, 0.2) is 0 Å². The van der Waals surface area contributed by atoms with E-state index in [0.717, 1.165) is 0 Å². The summed E-state index contributed by atoms with van der Waals surface area (Å²) >= 11 is 0. The first-order chi connectivity index (χ1) is 3.93. The molecule has 0 amide bonds. The summed E-state index contributed by atoms with van der Waals surface area (Å²) in [5, 5.41) is 0. The SMILES string of the molecule is CC#CC#CC1CC1. The highest BCUT2D eigenvalue weighted by Gasteiger charge is 2.17. The Kier molecular flexibility index (Phi) is 1.60. The van der Waals surface area contributed by atoms with E-state index in [-0.39, 0.29) is 0 Å². The average molecular weight is 104 g/mol. The minimum Gasteiger partial charge on any atom is -0.0925 e. The standard InChI is InChI=1S/C8H8/c1-2-3-4-5-8-6-7-8/h8H,6-7H2,1H3. The van der Waals surface area contributed by atoms with Crippen LogP contribution < -0.4 is 0 Å². The fourth-order valence-electron chi connectivity index (χ4n) is 0.428. The van der Waals surface area contributed by atoms with Gasteiger partial charge >= 0.3 is 0 Å². The zero-order valence-electron chi connectivity index (χ0n) is 4.99. The Morgan fingerprint density at radius 3 is 2.50 bits per heavy atom. The van der Waals surface area contributed by atoms with Crippen LogP contribution in [-0.4, -0.2) is 0 Å². The first-order valence-corrected chi connectivity index (χ1v) is 2.86. The van der Waals surface area contributed by atoms with Crippen LogP contribution in [0.5, 0.6) is 0 Å². The molecular formula is C8H8. The Hall–Kier alpha value is -0.880. The number of hydrogen-bond donors (Lipinski definition) is 0. The second-order valence-electron chi connectivity index (χ2n) is 1.92. The quantitative estimate of drug-likeness (QED) is 0.408. The molecule has 8 heavy (non-hydrogen) atoms. The van der Waals surface area contributed by atoms with E-state index >= 15 is 0 Å². The molecule has 40 valence electrons. The van der Waals surface area contributed by atoms with Crippen LogP contribution in [-0.2, 0) is 0 Å². The molecular weight excluding hydrogens is 96.1 g/mol. The van der Waals surface area contributed by atoms with Crippen LogP contribution in [0.15, 0.2) is 0 Å². The molecule has 0 atom stereocenters. The molecule has 0 aliphatic heterocycles. The van der Waals surface area contributed by atoms with E-state index in [1.807, 2.05) is 6.92 Å². The van der Waals surface area contributed by atoms with Gasteiger partial charge in [-0.25, -0.2) is 0 Å². The molecule has 0 N–H and O–H groups in total. The molecule has 1 rings (SSSR count). The summed E-state index contributed by atoms with van der Waals surface area (Å²) in [6.07, 6.45) is 2.58. The minimum atomic E-state index is 0.691. The summed E-state index contributed by atoms with van der Waals surface area (Å²) in [5.74, 6) is 11.9. The molecule has 1 saturated carbocycles. The largest absolute Gasteiger partial charge is 0.0925 e. The molecule has 0 unspecified atom stereocenters. The van der Waals surface area contributed by atoms with Crippen molar-refractivity contribution in [2.45, 2.75) is 19.8 Å². The van der Waals surface area contributed by atoms with Crippen LogP contribution in [0.25, 0.3) is 0 Å². The maximum absolute atomic E-state index is 3.03. The Balaban J connectivity index is 2.31. The number of hydrogen-bond acceptors (Lipinski definition) is 0. The van der Waals surface area contributed by atoms with E-state index in [1.54, 1.807) is 0 Å². The van der Waals surface area contributed by atoms with Gasteiger partial charge in [-0.1, -0.05) is 11.8 Å². The van der Waals surface area contributed by atoms with E-state index in [1.165, 1.54) is 12.8 Å². The monoisotopic (exact) mass is 104 g/mol. The molecule has 1 aliphatic rings. The third-order valence-corrected chi connectivity index (χ3v) is 1.04. The summed E-state index contributed by atoms with van der Waals surface area (Å²) in [4.78, 5) is 0. The van der Waals surface area contributed by atoms with E-state index in [9.17, 15) is 0 Å². The average Bonchev–Trinajstić information content (AvgIpc) is 2.51. The van der Waals surface area contributed by atoms with Crippen LogP contribution in [0.1, 0.15) is 19.8 Å². The molecule has 0 aromatic rings. The van der Waals surface area contributed by atoms with Crippen molar-refractivity contribution in [3.63, 3.8) is 0 Å². The van der Waals surface area contributed by atoms with Gasteiger partial charge in [0.25, 0.3) is 0 Å². The third-order valence-electron chi connectivity index (χ3n) is 1.04. The van der Waals surface area contributed by atoms with Gasteiger partial charge in [0, 0.05) is 5.92 Å². The lowest BCUT2D eigenvalue weighted by Gasteiger charge is -1.63. The van der Waals surface area contributed by atoms with Crippen molar-refractivity contribution in [2.24, 2.45) is 5.92 Å². The van der Waals surface area contributed by atoms with Gasteiger partial charge in [-0.3, -0.25) is 0 Å². The summed E-state index contributed by atoms with van der Waals surface area (Å²) in [6.45, 7) is 1.81. The second kappa shape index (κ2) is 2.43. The number of rotatable bonds is 0. The highest BCUT2D eigenvalue weighted by Crippen LogP contribution is 2.27. The fourth-order valence-corrected chi connectivity index (χ4v) is 0.428. The predicted octanol–water partition coefficient (Wildman–Crippen LogP) is 1.42. The van der Waals surface area contributed by atoms with E-state index in [0.29, 0.717) is 5.92 Å². The van der Waals surface area contributed by atoms with E-state index in [4.69, 9.17) is 0 Å². The lowest BCUT2D eigenvalue weighted by Crippen LogP contribution is -1.59. The molecule has 0 bridgehead atoms. The molecule has 1 aliphatic carbocycles. The van der Waals surface area contributed by atoms with E-state index < -0.39 is 0 Å². The van der Waals surface area contributed by atoms with Crippen molar-refractivity contribution in [3.8, 4) is 23.7 Å². The molecule has 0 radical (unpaired) electrons. The molecule has 0 aromatic carbocycles. The maximum atomic E-state index is 3.03. The minimum absolute atomic E-state index is 0.691. The maximum Gasteiger partial charge on any atom is 0.0214 e. The van der Waals surface area contributed by atoms with Crippen molar-refractivity contribution in [3.05, 3.63) is 0 Å². The van der Waals surface area contributed by atoms with E-state index in [2.05, 4.69) is 23.7 Å². The molecule has 0 spiro atoms. The summed E-state index contributed by atoms with van der Waals surface area (Å²) in [5.41, 5.74) is 0. The van der Waals surface area contributed by atoms with Crippen molar-refractivity contribution in [1.29, 1.82) is 0 Å². The van der Waals surface area contributed by atoms with Gasteiger partial charge in [-0.2, -0.15) is 0 Å². The fraction of sp³-hybridized carbons (Fsp3) is 0.500. The Bertz CT molecular complexity index is 176. The van der Waals surface area contributed by atoms with Gasteiger partial charge in [-0.05, 0) is 31.6 Å². The van der Waals surface area contributed by atoms with Crippen molar-refractivity contribution in [1.82, 2.24) is 0 Å². The molecule has 0 saturated heterocycles. The zero-order chi connectivity index (χ0) is 5.82. The van der Waals surface area contributed by atoms with Gasteiger partial charge in [0.1, 0.15) is 0 Å². The van der Waals surface area contributed by atoms with Crippen LogP contribution in [0.3, 0.4) is 0 Å². The van der Waals surface area contributed by atoms with Crippen LogP contribution >= 0.6 is 0 Å². The van der Waals surface area contributed by atoms with Crippen molar-refractivity contribution < 1.29 is 0 Å². The van der Waals surface area contributed by atoms with Crippen molar-refractivity contribution >= 4 is 0 Å². The normalized spacial score (nSPS) is 15.1. The van der Waals surface area contributed by atoms with Gasteiger partial charge < -0.3 is 0 Å². The molecule has 1 fully saturated rings. The Morgan fingerprint density at radius 2 is 2.00 bits per heavy atom. The van der Waals surface area contributed by atoms with Crippen LogP contribution in [0.4, 0.5) is 0 Å². The lowest BCUT2D eigenvalue weighted by molar-refractivity contribution is 1.18. The molecule has 0 nitrogen and oxygen atoms in total. The molecule has 0 heterocycles. The topological polar surface area (TPSA) is 0 Å². The summed E-state index contributed by atoms with van der Waals surface area (Å²) < 4.78 is 0. The van der Waals surface area contributed by atoms with Crippen molar-refractivity contribution in [2.75, 3.05) is 0 Å².